The van der Waals surface area contributed by atoms with Gasteiger partial charge in [0.2, 0.25) is 0 Å². The lowest BCUT2D eigenvalue weighted by atomic mass is 9.92. The van der Waals surface area contributed by atoms with Crippen molar-refractivity contribution in [1.29, 1.82) is 5.26 Å². The summed E-state index contributed by atoms with van der Waals surface area (Å²) >= 11 is 9.25. The van der Waals surface area contributed by atoms with Crippen LogP contribution in [-0.4, -0.2) is 5.78 Å². The summed E-state index contributed by atoms with van der Waals surface area (Å²) in [6.07, 6.45) is 0. The van der Waals surface area contributed by atoms with Gasteiger partial charge in [0.1, 0.15) is 11.7 Å². The summed E-state index contributed by atoms with van der Waals surface area (Å²) in [5, 5.41) is 9.50. The number of carbonyl (C=O) groups excluding carboxylic acids is 1. The molecule has 5 heteroatoms. The number of hydrogen-bond acceptors (Lipinski definition) is 2. The first-order valence-electron chi connectivity index (χ1n) is 5.67. The van der Waals surface area contributed by atoms with Gasteiger partial charge in [0.25, 0.3) is 0 Å². The lowest BCUT2D eigenvalue weighted by molar-refractivity contribution is 0.0979. The Balaban J connectivity index is 2.42. The van der Waals surface area contributed by atoms with E-state index in [1.165, 1.54) is 24.3 Å². The second kappa shape index (κ2) is 6.17. The Labute approximate surface area is 128 Å². The van der Waals surface area contributed by atoms with Crippen LogP contribution < -0.4 is 0 Å². The van der Waals surface area contributed by atoms with Crippen molar-refractivity contribution in [3.63, 3.8) is 0 Å². The first-order valence-corrected chi connectivity index (χ1v) is 6.84. The van der Waals surface area contributed by atoms with Gasteiger partial charge in [-0.2, -0.15) is 5.26 Å². The van der Waals surface area contributed by atoms with E-state index < -0.39 is 17.5 Å². The van der Waals surface area contributed by atoms with Crippen LogP contribution in [0.15, 0.2) is 46.9 Å². The molecule has 0 fully saturated rings. The predicted octanol–water partition coefficient (Wildman–Crippen LogP) is 4.73. The van der Waals surface area contributed by atoms with Crippen LogP contribution in [-0.2, 0) is 0 Å². The highest BCUT2D eigenvalue weighted by atomic mass is 79.9. The van der Waals surface area contributed by atoms with Crippen LogP contribution in [0, 0.1) is 17.1 Å². The smallest absolute Gasteiger partial charge is 0.185 e. The Bertz CT molecular complexity index is 694. The summed E-state index contributed by atoms with van der Waals surface area (Å²) in [5.74, 6) is -1.84. The van der Waals surface area contributed by atoms with Crippen molar-refractivity contribution in [2.24, 2.45) is 0 Å². The van der Waals surface area contributed by atoms with Gasteiger partial charge < -0.3 is 0 Å². The third-order valence-corrected chi connectivity index (χ3v) is 3.61. The summed E-state index contributed by atoms with van der Waals surface area (Å²) in [6, 6.07) is 12.1. The van der Waals surface area contributed by atoms with E-state index in [1.54, 1.807) is 18.2 Å². The molecule has 0 heterocycles. The molecule has 0 aromatic heterocycles. The maximum Gasteiger partial charge on any atom is 0.185 e. The molecular formula is C15H8BrClFNO. The summed E-state index contributed by atoms with van der Waals surface area (Å²) in [7, 11) is 0. The molecule has 1 atom stereocenters. The molecule has 2 nitrogen and oxygen atoms in total. The van der Waals surface area contributed by atoms with Crippen molar-refractivity contribution < 1.29 is 9.18 Å². The van der Waals surface area contributed by atoms with Crippen molar-refractivity contribution in [1.82, 2.24) is 0 Å². The topological polar surface area (TPSA) is 40.9 Å². The van der Waals surface area contributed by atoms with Gasteiger partial charge in [0.15, 0.2) is 5.78 Å². The van der Waals surface area contributed by atoms with E-state index in [1.807, 2.05) is 6.07 Å². The molecule has 100 valence electrons. The molecule has 0 aliphatic rings. The molecule has 0 saturated heterocycles. The Hall–Kier alpha value is -1.70. The maximum atomic E-state index is 12.9. The van der Waals surface area contributed by atoms with E-state index in [9.17, 15) is 14.4 Å². The van der Waals surface area contributed by atoms with Gasteiger partial charge in [-0.05, 0) is 35.9 Å². The molecule has 2 aromatic rings. The fraction of sp³-hybridized carbons (Fsp3) is 0.0667. The quantitative estimate of drug-likeness (QED) is 0.749. The first-order chi connectivity index (χ1) is 9.52. The average molecular weight is 353 g/mol. The molecule has 0 bridgehead atoms. The zero-order valence-electron chi connectivity index (χ0n) is 10.1. The van der Waals surface area contributed by atoms with E-state index in [0.29, 0.717) is 10.0 Å². The van der Waals surface area contributed by atoms with E-state index in [2.05, 4.69) is 15.9 Å². The summed E-state index contributed by atoms with van der Waals surface area (Å²) < 4.78 is 13.6. The zero-order valence-corrected chi connectivity index (χ0v) is 12.5. The minimum atomic E-state index is -1.01. The number of hydrogen-bond donors (Lipinski definition) is 0. The molecule has 0 radical (unpaired) electrons. The molecule has 2 aromatic carbocycles. The molecule has 2 rings (SSSR count). The molecule has 0 amide bonds. The van der Waals surface area contributed by atoms with Crippen LogP contribution in [0.25, 0.3) is 0 Å². The SMILES string of the molecule is N#CC(C(=O)c1cc(Br)ccc1Cl)c1ccc(F)cc1. The highest BCUT2D eigenvalue weighted by Crippen LogP contribution is 2.27. The van der Waals surface area contributed by atoms with Gasteiger partial charge in [0, 0.05) is 10.0 Å². The zero-order chi connectivity index (χ0) is 14.7. The lowest BCUT2D eigenvalue weighted by Crippen LogP contribution is -2.12. The van der Waals surface area contributed by atoms with Crippen LogP contribution in [0.2, 0.25) is 5.02 Å². The Kier molecular flexibility index (Phi) is 4.53. The third-order valence-electron chi connectivity index (χ3n) is 2.79. The molecule has 1 unspecified atom stereocenters. The fourth-order valence-corrected chi connectivity index (χ4v) is 2.35. The van der Waals surface area contributed by atoms with Crippen molar-refractivity contribution >= 4 is 33.3 Å². The molecule has 0 aliphatic carbocycles. The molecule has 0 aliphatic heterocycles. The molecule has 0 spiro atoms. The number of rotatable bonds is 3. The van der Waals surface area contributed by atoms with Crippen LogP contribution in [0.1, 0.15) is 21.8 Å². The Morgan fingerprint density at radius 3 is 2.50 bits per heavy atom. The summed E-state index contributed by atoms with van der Waals surface area (Å²) in [5.41, 5.74) is 0.701. The van der Waals surface area contributed by atoms with Crippen LogP contribution >= 0.6 is 27.5 Å². The highest BCUT2D eigenvalue weighted by Gasteiger charge is 2.23. The van der Waals surface area contributed by atoms with Crippen LogP contribution in [0.5, 0.6) is 0 Å². The van der Waals surface area contributed by atoms with E-state index in [0.717, 1.165) is 0 Å². The Morgan fingerprint density at radius 2 is 1.90 bits per heavy atom. The number of benzene rings is 2. The second-order valence-electron chi connectivity index (χ2n) is 4.10. The summed E-state index contributed by atoms with van der Waals surface area (Å²) in [4.78, 5) is 12.4. The van der Waals surface area contributed by atoms with Gasteiger partial charge >= 0.3 is 0 Å². The average Bonchev–Trinajstić information content (AvgIpc) is 2.44. The van der Waals surface area contributed by atoms with E-state index >= 15 is 0 Å². The molecular weight excluding hydrogens is 345 g/mol. The Morgan fingerprint density at radius 1 is 1.25 bits per heavy atom. The van der Waals surface area contributed by atoms with Crippen LogP contribution in [0.4, 0.5) is 4.39 Å². The fourth-order valence-electron chi connectivity index (χ4n) is 1.78. The number of nitriles is 1. The number of Topliss-reactive ketones (excluding diaryl/α,β-unsaturated/α-hetero) is 1. The van der Waals surface area contributed by atoms with Gasteiger partial charge in [-0.25, -0.2) is 4.39 Å². The van der Waals surface area contributed by atoms with Crippen molar-refractivity contribution in [2.75, 3.05) is 0 Å². The van der Waals surface area contributed by atoms with Crippen molar-refractivity contribution in [3.05, 3.63) is 68.9 Å². The highest BCUT2D eigenvalue weighted by molar-refractivity contribution is 9.10. The van der Waals surface area contributed by atoms with Gasteiger partial charge in [0.05, 0.1) is 11.1 Å². The van der Waals surface area contributed by atoms with Gasteiger partial charge in [-0.3, -0.25) is 4.79 Å². The standard InChI is InChI=1S/C15H8BrClFNO/c16-10-3-6-14(17)12(7-10)15(20)13(8-19)9-1-4-11(18)5-2-9/h1-7,13H. The minimum Gasteiger partial charge on any atom is -0.292 e. The van der Waals surface area contributed by atoms with E-state index in [4.69, 9.17) is 11.6 Å². The molecule has 0 N–H and O–H groups in total. The number of nitrogens with zero attached hydrogens (tertiary/aromatic N) is 1. The predicted molar refractivity (Wildman–Crippen MR) is 78.2 cm³/mol. The van der Waals surface area contributed by atoms with Crippen molar-refractivity contribution in [2.45, 2.75) is 5.92 Å². The second-order valence-corrected chi connectivity index (χ2v) is 5.42. The van der Waals surface area contributed by atoms with Gasteiger partial charge in [-0.15, -0.1) is 0 Å². The largest absolute Gasteiger partial charge is 0.292 e. The lowest BCUT2D eigenvalue weighted by Gasteiger charge is -2.10. The monoisotopic (exact) mass is 351 g/mol. The normalized spacial score (nSPS) is 11.7. The maximum absolute atomic E-state index is 12.9. The number of carbonyl (C=O) groups is 1. The minimum absolute atomic E-state index is 0.261. The number of ketones is 1. The van der Waals surface area contributed by atoms with E-state index in [-0.39, 0.29) is 10.6 Å². The van der Waals surface area contributed by atoms with Crippen LogP contribution in [0.3, 0.4) is 0 Å². The summed E-state index contributed by atoms with van der Waals surface area (Å²) in [6.45, 7) is 0. The third kappa shape index (κ3) is 3.06. The van der Waals surface area contributed by atoms with Gasteiger partial charge in [-0.1, -0.05) is 39.7 Å². The molecule has 0 saturated carbocycles. The number of halogens is 3. The molecule has 20 heavy (non-hydrogen) atoms. The van der Waals surface area contributed by atoms with Crippen molar-refractivity contribution in [3.8, 4) is 6.07 Å². The first kappa shape index (κ1) is 14.7.